The summed E-state index contributed by atoms with van der Waals surface area (Å²) in [7, 11) is 1.54. The lowest BCUT2D eigenvalue weighted by Crippen LogP contribution is -1.83. The van der Waals surface area contributed by atoms with Crippen molar-refractivity contribution < 1.29 is 8.42 Å². The summed E-state index contributed by atoms with van der Waals surface area (Å²) in [6.45, 7) is 0. The monoisotopic (exact) mass is 337 g/mol. The van der Waals surface area contributed by atoms with Crippen molar-refractivity contribution in [3.63, 3.8) is 0 Å². The number of aromatic nitrogens is 1. The third-order valence-corrected chi connectivity index (χ3v) is 5.45. The lowest BCUT2D eigenvalue weighted by atomic mass is 10.2. The molecule has 0 atom stereocenters. The van der Waals surface area contributed by atoms with E-state index in [0.717, 1.165) is 21.4 Å². The standard InChI is InChI=1S/C9H5BrClNO2S2/c10-7-3-1-6(2-4-7)9-12-5-8(15-9)16(11,13)14/h1-5H. The fraction of sp³-hybridized carbons (Fsp3) is 0. The van der Waals surface area contributed by atoms with Gasteiger partial charge in [-0.1, -0.05) is 28.1 Å². The van der Waals surface area contributed by atoms with Crippen LogP contribution in [0.3, 0.4) is 0 Å². The molecule has 0 fully saturated rings. The van der Waals surface area contributed by atoms with Gasteiger partial charge >= 0.3 is 0 Å². The van der Waals surface area contributed by atoms with Crippen LogP contribution in [0.2, 0.25) is 0 Å². The molecule has 16 heavy (non-hydrogen) atoms. The summed E-state index contributed by atoms with van der Waals surface area (Å²) >= 11 is 4.37. The molecule has 0 saturated carbocycles. The lowest BCUT2D eigenvalue weighted by molar-refractivity contribution is 0.611. The maximum absolute atomic E-state index is 11.1. The molecular weight excluding hydrogens is 334 g/mol. The Morgan fingerprint density at radius 1 is 1.25 bits per heavy atom. The van der Waals surface area contributed by atoms with E-state index in [2.05, 4.69) is 20.9 Å². The average molecular weight is 339 g/mol. The number of rotatable bonds is 2. The van der Waals surface area contributed by atoms with Crippen molar-refractivity contribution >= 4 is 47.0 Å². The van der Waals surface area contributed by atoms with E-state index >= 15 is 0 Å². The van der Waals surface area contributed by atoms with E-state index in [0.29, 0.717) is 5.01 Å². The van der Waals surface area contributed by atoms with Crippen molar-refractivity contribution in [1.82, 2.24) is 4.98 Å². The maximum atomic E-state index is 11.1. The number of nitrogens with zero attached hydrogens (tertiary/aromatic N) is 1. The predicted molar refractivity (Wildman–Crippen MR) is 68.3 cm³/mol. The van der Waals surface area contributed by atoms with Crippen LogP contribution in [0.25, 0.3) is 10.6 Å². The minimum absolute atomic E-state index is 0.0621. The Bertz CT molecular complexity index is 607. The first-order valence-corrected chi connectivity index (χ1v) is 8.05. The summed E-state index contributed by atoms with van der Waals surface area (Å²) in [5.41, 5.74) is 0.861. The van der Waals surface area contributed by atoms with Gasteiger partial charge < -0.3 is 0 Å². The van der Waals surface area contributed by atoms with Gasteiger partial charge in [0.05, 0.1) is 6.20 Å². The van der Waals surface area contributed by atoms with Gasteiger partial charge in [-0.2, -0.15) is 0 Å². The van der Waals surface area contributed by atoms with Crippen LogP contribution >= 0.6 is 37.9 Å². The molecule has 1 heterocycles. The second-order valence-corrected chi connectivity index (χ2v) is 7.67. The first kappa shape index (κ1) is 12.0. The largest absolute Gasteiger partial charge is 0.272 e. The quantitative estimate of drug-likeness (QED) is 0.787. The molecule has 0 aliphatic rings. The molecule has 7 heteroatoms. The fourth-order valence-electron chi connectivity index (χ4n) is 1.10. The minimum atomic E-state index is -3.68. The summed E-state index contributed by atoms with van der Waals surface area (Å²) in [6, 6.07) is 7.44. The second-order valence-electron chi connectivity index (χ2n) is 2.93. The first-order valence-electron chi connectivity index (χ1n) is 4.13. The van der Waals surface area contributed by atoms with Crippen LogP contribution in [0.1, 0.15) is 0 Å². The molecule has 2 rings (SSSR count). The molecule has 0 unspecified atom stereocenters. The van der Waals surface area contributed by atoms with Gasteiger partial charge in [0.1, 0.15) is 5.01 Å². The smallest absolute Gasteiger partial charge is 0.243 e. The molecule has 2 aromatic rings. The first-order chi connectivity index (χ1) is 7.47. The predicted octanol–water partition coefficient (Wildman–Crippen LogP) is 3.50. The molecule has 0 bridgehead atoms. The van der Waals surface area contributed by atoms with Crippen LogP contribution in [0, 0.1) is 0 Å². The third-order valence-electron chi connectivity index (χ3n) is 1.82. The van der Waals surface area contributed by atoms with Gasteiger partial charge in [-0.05, 0) is 12.1 Å². The molecule has 0 radical (unpaired) electrons. The molecule has 0 saturated heterocycles. The van der Waals surface area contributed by atoms with Gasteiger partial charge in [0, 0.05) is 20.7 Å². The molecule has 0 amide bonds. The third kappa shape index (κ3) is 2.63. The Labute approximate surface area is 110 Å². The van der Waals surface area contributed by atoms with Crippen molar-refractivity contribution in [2.45, 2.75) is 4.21 Å². The fourth-order valence-corrected chi connectivity index (χ4v) is 3.23. The van der Waals surface area contributed by atoms with E-state index in [4.69, 9.17) is 10.7 Å². The zero-order valence-electron chi connectivity index (χ0n) is 7.72. The van der Waals surface area contributed by atoms with Crippen molar-refractivity contribution in [2.24, 2.45) is 0 Å². The zero-order chi connectivity index (χ0) is 11.8. The molecule has 0 N–H and O–H groups in total. The van der Waals surface area contributed by atoms with E-state index < -0.39 is 9.05 Å². The van der Waals surface area contributed by atoms with Crippen molar-refractivity contribution in [1.29, 1.82) is 0 Å². The number of hydrogen-bond acceptors (Lipinski definition) is 4. The lowest BCUT2D eigenvalue weighted by Gasteiger charge is -1.95. The van der Waals surface area contributed by atoms with Crippen molar-refractivity contribution in [2.75, 3.05) is 0 Å². The van der Waals surface area contributed by atoms with Crippen molar-refractivity contribution in [3.05, 3.63) is 34.9 Å². The van der Waals surface area contributed by atoms with Gasteiger partial charge in [-0.3, -0.25) is 0 Å². The van der Waals surface area contributed by atoms with Gasteiger partial charge in [-0.15, -0.1) is 11.3 Å². The van der Waals surface area contributed by atoms with Gasteiger partial charge in [0.25, 0.3) is 9.05 Å². The molecular formula is C9H5BrClNO2S2. The van der Waals surface area contributed by atoms with Crippen LogP contribution in [-0.4, -0.2) is 13.4 Å². The minimum Gasteiger partial charge on any atom is -0.243 e. The van der Waals surface area contributed by atoms with Crippen LogP contribution < -0.4 is 0 Å². The highest BCUT2D eigenvalue weighted by Crippen LogP contribution is 2.30. The van der Waals surface area contributed by atoms with E-state index in [1.54, 1.807) is 0 Å². The number of benzene rings is 1. The molecule has 1 aromatic heterocycles. The number of thiazole rings is 1. The maximum Gasteiger partial charge on any atom is 0.272 e. The summed E-state index contributed by atoms with van der Waals surface area (Å²) in [5.74, 6) is 0. The average Bonchev–Trinajstić information content (AvgIpc) is 2.67. The number of hydrogen-bond donors (Lipinski definition) is 0. The van der Waals surface area contributed by atoms with Crippen LogP contribution in [0.4, 0.5) is 0 Å². The number of halogens is 2. The highest BCUT2D eigenvalue weighted by Gasteiger charge is 2.15. The highest BCUT2D eigenvalue weighted by molar-refractivity contribution is 9.10. The van der Waals surface area contributed by atoms with Gasteiger partial charge in [-0.25, -0.2) is 13.4 Å². The Morgan fingerprint density at radius 3 is 2.38 bits per heavy atom. The Hall–Kier alpha value is -0.430. The van der Waals surface area contributed by atoms with E-state index in [1.165, 1.54) is 6.20 Å². The SMILES string of the molecule is O=S(=O)(Cl)c1cnc(-c2ccc(Br)cc2)s1. The summed E-state index contributed by atoms with van der Waals surface area (Å²) < 4.78 is 23.1. The topological polar surface area (TPSA) is 47.0 Å². The Kier molecular flexibility index (Phi) is 3.34. The van der Waals surface area contributed by atoms with Gasteiger partial charge in [0.2, 0.25) is 0 Å². The van der Waals surface area contributed by atoms with Crippen LogP contribution in [0.15, 0.2) is 39.1 Å². The molecule has 84 valence electrons. The molecule has 3 nitrogen and oxygen atoms in total. The van der Waals surface area contributed by atoms with E-state index in [9.17, 15) is 8.42 Å². The van der Waals surface area contributed by atoms with Gasteiger partial charge in [0.15, 0.2) is 4.21 Å². The molecule has 0 aliphatic carbocycles. The summed E-state index contributed by atoms with van der Waals surface area (Å²) in [5, 5.41) is 0.631. The van der Waals surface area contributed by atoms with E-state index in [-0.39, 0.29) is 4.21 Å². The van der Waals surface area contributed by atoms with Crippen LogP contribution in [-0.2, 0) is 9.05 Å². The Morgan fingerprint density at radius 2 is 1.88 bits per heavy atom. The Balaban J connectivity index is 2.43. The molecule has 0 spiro atoms. The summed E-state index contributed by atoms with van der Waals surface area (Å²) in [4.78, 5) is 4.02. The van der Waals surface area contributed by atoms with Crippen molar-refractivity contribution in [3.8, 4) is 10.6 Å². The second kappa shape index (κ2) is 4.44. The zero-order valence-corrected chi connectivity index (χ0v) is 11.7. The summed E-state index contributed by atoms with van der Waals surface area (Å²) in [6.07, 6.45) is 1.27. The normalized spacial score (nSPS) is 11.6. The molecule has 0 aliphatic heterocycles. The van der Waals surface area contributed by atoms with Crippen LogP contribution in [0.5, 0.6) is 0 Å². The molecule has 1 aromatic carbocycles. The van der Waals surface area contributed by atoms with E-state index in [1.807, 2.05) is 24.3 Å². The highest BCUT2D eigenvalue weighted by atomic mass is 79.9.